The number of nitrogens with zero attached hydrogens (tertiary/aromatic N) is 2. The molecular formula is C20H19FN2O2S. The third-order valence-electron chi connectivity index (χ3n) is 4.31. The summed E-state index contributed by atoms with van der Waals surface area (Å²) in [5, 5.41) is 1.10. The van der Waals surface area contributed by atoms with Crippen molar-refractivity contribution in [1.82, 2.24) is 9.55 Å². The second-order valence-electron chi connectivity index (χ2n) is 6.06. The summed E-state index contributed by atoms with van der Waals surface area (Å²) in [4.78, 5) is 29.9. The van der Waals surface area contributed by atoms with E-state index in [1.54, 1.807) is 16.7 Å². The molecule has 0 saturated heterocycles. The van der Waals surface area contributed by atoms with Crippen LogP contribution in [0.4, 0.5) is 4.39 Å². The van der Waals surface area contributed by atoms with Gasteiger partial charge in [0.25, 0.3) is 5.56 Å². The number of para-hydroxylation sites is 1. The predicted molar refractivity (Wildman–Crippen MR) is 102 cm³/mol. The summed E-state index contributed by atoms with van der Waals surface area (Å²) in [7, 11) is 0. The highest BCUT2D eigenvalue weighted by atomic mass is 32.2. The highest BCUT2D eigenvalue weighted by molar-refractivity contribution is 7.99. The fraction of sp³-hybridized carbons (Fsp3) is 0.250. The maximum absolute atomic E-state index is 13.0. The topological polar surface area (TPSA) is 52.0 Å². The van der Waals surface area contributed by atoms with Crippen LogP contribution in [-0.2, 0) is 0 Å². The predicted octanol–water partition coefficient (Wildman–Crippen LogP) is 4.48. The molecule has 0 radical (unpaired) electrons. The van der Waals surface area contributed by atoms with Crippen LogP contribution in [0, 0.1) is 5.82 Å². The Morgan fingerprint density at radius 1 is 1.19 bits per heavy atom. The van der Waals surface area contributed by atoms with Gasteiger partial charge in [0.15, 0.2) is 10.9 Å². The number of fused-ring (bicyclic) bond motifs is 1. The first kappa shape index (κ1) is 18.3. The van der Waals surface area contributed by atoms with Gasteiger partial charge in [-0.2, -0.15) is 0 Å². The summed E-state index contributed by atoms with van der Waals surface area (Å²) in [5.41, 5.74) is 0.965. The van der Waals surface area contributed by atoms with Crippen LogP contribution in [-0.4, -0.2) is 21.1 Å². The number of rotatable bonds is 6. The molecule has 0 spiro atoms. The van der Waals surface area contributed by atoms with Crippen LogP contribution < -0.4 is 5.56 Å². The summed E-state index contributed by atoms with van der Waals surface area (Å²) in [6.07, 6.45) is 0.777. The number of aromatic nitrogens is 2. The Bertz CT molecular complexity index is 999. The molecule has 2 aromatic carbocycles. The zero-order valence-corrected chi connectivity index (χ0v) is 15.4. The van der Waals surface area contributed by atoms with E-state index in [4.69, 9.17) is 0 Å². The molecule has 0 saturated carbocycles. The molecule has 3 rings (SSSR count). The molecule has 0 aliphatic rings. The molecule has 4 nitrogen and oxygen atoms in total. The minimum absolute atomic E-state index is 0.0250. The van der Waals surface area contributed by atoms with Gasteiger partial charge < -0.3 is 0 Å². The first-order valence-electron chi connectivity index (χ1n) is 8.44. The van der Waals surface area contributed by atoms with Gasteiger partial charge in [0.2, 0.25) is 0 Å². The molecule has 0 aliphatic carbocycles. The van der Waals surface area contributed by atoms with Gasteiger partial charge in [-0.25, -0.2) is 9.37 Å². The van der Waals surface area contributed by atoms with Crippen LogP contribution in [0.3, 0.4) is 0 Å². The van der Waals surface area contributed by atoms with Gasteiger partial charge in [-0.3, -0.25) is 14.2 Å². The molecule has 3 aromatic rings. The molecule has 0 amide bonds. The summed E-state index contributed by atoms with van der Waals surface area (Å²) in [5.74, 6) is -0.378. The third kappa shape index (κ3) is 3.70. The fourth-order valence-electron chi connectivity index (χ4n) is 2.65. The number of thioether (sulfide) groups is 1. The minimum Gasteiger partial charge on any atom is -0.293 e. The summed E-state index contributed by atoms with van der Waals surface area (Å²) >= 11 is 1.24. The molecule has 0 aliphatic heterocycles. The van der Waals surface area contributed by atoms with E-state index < -0.39 is 0 Å². The maximum Gasteiger partial charge on any atom is 0.262 e. The Kier molecular flexibility index (Phi) is 5.52. The molecule has 0 bridgehead atoms. The molecule has 1 heterocycles. The van der Waals surface area contributed by atoms with E-state index in [-0.39, 0.29) is 29.0 Å². The number of halogens is 1. The van der Waals surface area contributed by atoms with Gasteiger partial charge in [-0.05, 0) is 49.7 Å². The average molecular weight is 370 g/mol. The minimum atomic E-state index is -0.379. The van der Waals surface area contributed by atoms with Crippen molar-refractivity contribution in [3.05, 3.63) is 70.3 Å². The van der Waals surface area contributed by atoms with Crippen molar-refractivity contribution < 1.29 is 9.18 Å². The average Bonchev–Trinajstić information content (AvgIpc) is 2.66. The number of carbonyl (C=O) groups is 1. The van der Waals surface area contributed by atoms with Gasteiger partial charge in [-0.1, -0.05) is 30.8 Å². The number of hydrogen-bond donors (Lipinski definition) is 0. The van der Waals surface area contributed by atoms with Crippen molar-refractivity contribution in [2.24, 2.45) is 0 Å². The van der Waals surface area contributed by atoms with Crippen molar-refractivity contribution in [1.29, 1.82) is 0 Å². The molecule has 6 heteroatoms. The SMILES string of the molecule is CC[C@@H](C)n1c(SCC(=O)c2ccc(F)cc2)nc2ccccc2c1=O. The van der Waals surface area contributed by atoms with Gasteiger partial charge >= 0.3 is 0 Å². The third-order valence-corrected chi connectivity index (χ3v) is 5.26. The zero-order valence-electron chi connectivity index (χ0n) is 14.6. The Hall–Kier alpha value is -2.47. The molecule has 0 fully saturated rings. The van der Waals surface area contributed by atoms with E-state index in [1.807, 2.05) is 26.0 Å². The van der Waals surface area contributed by atoms with Crippen LogP contribution in [0.5, 0.6) is 0 Å². The van der Waals surface area contributed by atoms with Crippen molar-refractivity contribution >= 4 is 28.4 Å². The normalized spacial score (nSPS) is 12.3. The smallest absolute Gasteiger partial charge is 0.262 e. The summed E-state index contributed by atoms with van der Waals surface area (Å²) in [6, 6.07) is 12.6. The van der Waals surface area contributed by atoms with Crippen LogP contribution in [0.2, 0.25) is 0 Å². The quantitative estimate of drug-likeness (QED) is 0.365. The second kappa shape index (κ2) is 7.83. The Morgan fingerprint density at radius 3 is 2.58 bits per heavy atom. The van der Waals surface area contributed by atoms with Crippen molar-refractivity contribution in [3.63, 3.8) is 0 Å². The first-order valence-corrected chi connectivity index (χ1v) is 9.42. The molecule has 0 N–H and O–H groups in total. The molecule has 1 aromatic heterocycles. The molecule has 26 heavy (non-hydrogen) atoms. The summed E-state index contributed by atoms with van der Waals surface area (Å²) in [6.45, 7) is 3.97. The molecular weight excluding hydrogens is 351 g/mol. The maximum atomic E-state index is 13.0. The Labute approximate surface area is 155 Å². The van der Waals surface area contributed by atoms with E-state index in [1.165, 1.54) is 36.0 Å². The molecule has 0 unspecified atom stereocenters. The van der Waals surface area contributed by atoms with E-state index in [0.29, 0.717) is 21.6 Å². The highest BCUT2D eigenvalue weighted by Gasteiger charge is 2.17. The lowest BCUT2D eigenvalue weighted by atomic mass is 10.1. The van der Waals surface area contributed by atoms with Crippen molar-refractivity contribution in [3.8, 4) is 0 Å². The zero-order chi connectivity index (χ0) is 18.7. The number of Topliss-reactive ketones (excluding diaryl/α,β-unsaturated/α-hetero) is 1. The standard InChI is InChI=1S/C20H19FN2O2S/c1-3-13(2)23-19(25)16-6-4-5-7-17(16)22-20(23)26-12-18(24)14-8-10-15(21)11-9-14/h4-11,13H,3,12H2,1-2H3/t13-/m1/s1. The molecule has 1 atom stereocenters. The van der Waals surface area contributed by atoms with Gasteiger partial charge in [0, 0.05) is 11.6 Å². The van der Waals surface area contributed by atoms with E-state index >= 15 is 0 Å². The van der Waals surface area contributed by atoms with Gasteiger partial charge in [-0.15, -0.1) is 0 Å². The Balaban J connectivity index is 1.94. The number of benzene rings is 2. The first-order chi connectivity index (χ1) is 12.5. The van der Waals surface area contributed by atoms with Crippen LogP contribution >= 0.6 is 11.8 Å². The van der Waals surface area contributed by atoms with E-state index in [0.717, 1.165) is 6.42 Å². The number of ketones is 1. The van der Waals surface area contributed by atoms with Crippen LogP contribution in [0.15, 0.2) is 58.5 Å². The van der Waals surface area contributed by atoms with E-state index in [2.05, 4.69) is 4.98 Å². The number of hydrogen-bond acceptors (Lipinski definition) is 4. The lowest BCUT2D eigenvalue weighted by Gasteiger charge is -2.18. The monoisotopic (exact) mass is 370 g/mol. The van der Waals surface area contributed by atoms with E-state index in [9.17, 15) is 14.0 Å². The van der Waals surface area contributed by atoms with Crippen LogP contribution in [0.25, 0.3) is 10.9 Å². The van der Waals surface area contributed by atoms with Crippen molar-refractivity contribution in [2.75, 3.05) is 5.75 Å². The van der Waals surface area contributed by atoms with Crippen molar-refractivity contribution in [2.45, 2.75) is 31.5 Å². The fourth-order valence-corrected chi connectivity index (χ4v) is 3.64. The summed E-state index contributed by atoms with van der Waals surface area (Å²) < 4.78 is 14.7. The lowest BCUT2D eigenvalue weighted by Crippen LogP contribution is -2.26. The van der Waals surface area contributed by atoms with Crippen LogP contribution in [0.1, 0.15) is 36.7 Å². The second-order valence-corrected chi connectivity index (χ2v) is 7.01. The Morgan fingerprint density at radius 2 is 1.88 bits per heavy atom. The molecule has 134 valence electrons. The highest BCUT2D eigenvalue weighted by Crippen LogP contribution is 2.23. The number of carbonyl (C=O) groups excluding carboxylic acids is 1. The lowest BCUT2D eigenvalue weighted by molar-refractivity contribution is 0.102. The largest absolute Gasteiger partial charge is 0.293 e. The van der Waals surface area contributed by atoms with Gasteiger partial charge in [0.05, 0.1) is 16.7 Å². The van der Waals surface area contributed by atoms with Gasteiger partial charge in [0.1, 0.15) is 5.82 Å².